The van der Waals surface area contributed by atoms with Crippen LogP contribution >= 0.6 is 11.6 Å². The second kappa shape index (κ2) is 6.74. The van der Waals surface area contributed by atoms with Crippen molar-refractivity contribution in [2.75, 3.05) is 5.32 Å². The highest BCUT2D eigenvalue weighted by Gasteiger charge is 2.36. The maximum absolute atomic E-state index is 12.5. The Balaban J connectivity index is 2.25. The van der Waals surface area contributed by atoms with Crippen molar-refractivity contribution in [1.82, 2.24) is 0 Å². The van der Waals surface area contributed by atoms with Gasteiger partial charge in [-0.2, -0.15) is 0 Å². The van der Waals surface area contributed by atoms with Crippen LogP contribution in [0.3, 0.4) is 0 Å². The van der Waals surface area contributed by atoms with E-state index in [4.69, 9.17) is 11.6 Å². The molecule has 2 aromatic carbocycles. The summed E-state index contributed by atoms with van der Waals surface area (Å²) >= 11 is 5.82. The van der Waals surface area contributed by atoms with Gasteiger partial charge in [0, 0.05) is 10.7 Å². The molecule has 2 N–H and O–H groups in total. The van der Waals surface area contributed by atoms with Gasteiger partial charge >= 0.3 is 0 Å². The third kappa shape index (κ3) is 3.63. The minimum absolute atomic E-state index is 0.358. The normalized spacial score (nSPS) is 13.5. The number of hydrogen-bond donors (Lipinski definition) is 2. The number of anilines is 1. The Morgan fingerprint density at radius 3 is 2.33 bits per heavy atom. The molecule has 2 rings (SSSR count). The van der Waals surface area contributed by atoms with Crippen molar-refractivity contribution < 1.29 is 9.90 Å². The molecule has 0 radical (unpaired) electrons. The molecule has 0 bridgehead atoms. The Morgan fingerprint density at radius 1 is 1.14 bits per heavy atom. The standard InChI is InChI=1S/C17H18ClNO2/c1-2-12-17(21,13-6-4-3-5-7-13)16(20)19-15-10-8-14(18)9-11-15/h3-11,21H,2,12H2,1H3,(H,19,20). The van der Waals surface area contributed by atoms with Gasteiger partial charge in [0.05, 0.1) is 0 Å². The van der Waals surface area contributed by atoms with Crippen LogP contribution in [0, 0.1) is 0 Å². The van der Waals surface area contributed by atoms with E-state index in [1.807, 2.05) is 25.1 Å². The molecule has 0 aliphatic carbocycles. The molecule has 0 fully saturated rings. The fourth-order valence-electron chi connectivity index (χ4n) is 2.23. The van der Waals surface area contributed by atoms with Gasteiger partial charge in [0.1, 0.15) is 0 Å². The SMILES string of the molecule is CCCC(O)(C(=O)Nc1ccc(Cl)cc1)c1ccccc1. The molecule has 0 heterocycles. The molecule has 0 saturated heterocycles. The maximum Gasteiger partial charge on any atom is 0.260 e. The van der Waals surface area contributed by atoms with Crippen LogP contribution in [0.1, 0.15) is 25.3 Å². The second-order valence-electron chi connectivity index (χ2n) is 4.94. The van der Waals surface area contributed by atoms with Crippen molar-refractivity contribution in [2.24, 2.45) is 0 Å². The monoisotopic (exact) mass is 303 g/mol. The summed E-state index contributed by atoms with van der Waals surface area (Å²) in [6.07, 6.45) is 1.05. The summed E-state index contributed by atoms with van der Waals surface area (Å²) in [4.78, 5) is 12.5. The molecular formula is C17H18ClNO2. The first-order chi connectivity index (χ1) is 10.1. The van der Waals surface area contributed by atoms with E-state index in [-0.39, 0.29) is 0 Å². The van der Waals surface area contributed by atoms with Crippen molar-refractivity contribution in [2.45, 2.75) is 25.4 Å². The lowest BCUT2D eigenvalue weighted by Crippen LogP contribution is -2.40. The number of hydrogen-bond acceptors (Lipinski definition) is 2. The van der Waals surface area contributed by atoms with Crippen molar-refractivity contribution >= 4 is 23.2 Å². The topological polar surface area (TPSA) is 49.3 Å². The van der Waals surface area contributed by atoms with Gasteiger partial charge in [-0.25, -0.2) is 0 Å². The molecule has 2 aromatic rings. The van der Waals surface area contributed by atoms with Crippen LogP contribution in [0.2, 0.25) is 5.02 Å². The van der Waals surface area contributed by atoms with Gasteiger partial charge in [0.25, 0.3) is 5.91 Å². The molecule has 0 aliphatic rings. The molecule has 3 nitrogen and oxygen atoms in total. The summed E-state index contributed by atoms with van der Waals surface area (Å²) in [6, 6.07) is 15.8. The number of carbonyl (C=O) groups excluding carboxylic acids is 1. The van der Waals surface area contributed by atoms with Gasteiger partial charge in [0.15, 0.2) is 5.60 Å². The Labute approximate surface area is 129 Å². The van der Waals surface area contributed by atoms with Crippen LogP contribution in [0.25, 0.3) is 0 Å². The maximum atomic E-state index is 12.5. The Hall–Kier alpha value is -1.84. The first-order valence-electron chi connectivity index (χ1n) is 6.91. The molecule has 0 aromatic heterocycles. The van der Waals surface area contributed by atoms with Crippen molar-refractivity contribution in [3.63, 3.8) is 0 Å². The van der Waals surface area contributed by atoms with Gasteiger partial charge in [-0.05, 0) is 36.2 Å². The molecule has 1 unspecified atom stereocenters. The zero-order chi connectivity index (χ0) is 15.3. The third-order valence-electron chi connectivity index (χ3n) is 3.34. The number of benzene rings is 2. The summed E-state index contributed by atoms with van der Waals surface area (Å²) in [6.45, 7) is 1.93. The predicted octanol–water partition coefficient (Wildman–Crippen LogP) is 3.97. The number of nitrogens with one attached hydrogen (secondary N) is 1. The molecule has 0 spiro atoms. The molecule has 21 heavy (non-hydrogen) atoms. The average molecular weight is 304 g/mol. The highest BCUT2D eigenvalue weighted by Crippen LogP contribution is 2.28. The molecule has 0 aliphatic heterocycles. The zero-order valence-electron chi connectivity index (χ0n) is 11.8. The fourth-order valence-corrected chi connectivity index (χ4v) is 2.36. The zero-order valence-corrected chi connectivity index (χ0v) is 12.6. The van der Waals surface area contributed by atoms with Crippen molar-refractivity contribution in [3.8, 4) is 0 Å². The van der Waals surface area contributed by atoms with Crippen molar-refractivity contribution in [1.29, 1.82) is 0 Å². The fraction of sp³-hybridized carbons (Fsp3) is 0.235. The molecule has 110 valence electrons. The summed E-state index contributed by atoms with van der Waals surface area (Å²) < 4.78 is 0. The summed E-state index contributed by atoms with van der Waals surface area (Å²) in [5, 5.41) is 14.2. The quantitative estimate of drug-likeness (QED) is 0.878. The van der Waals surface area contributed by atoms with Gasteiger partial charge in [0.2, 0.25) is 0 Å². The van der Waals surface area contributed by atoms with E-state index in [2.05, 4.69) is 5.32 Å². The van der Waals surface area contributed by atoms with E-state index < -0.39 is 11.5 Å². The molecule has 4 heteroatoms. The smallest absolute Gasteiger partial charge is 0.260 e. The lowest BCUT2D eigenvalue weighted by Gasteiger charge is -2.27. The van der Waals surface area contributed by atoms with Gasteiger partial charge in [-0.3, -0.25) is 4.79 Å². The highest BCUT2D eigenvalue weighted by atomic mass is 35.5. The van der Waals surface area contributed by atoms with E-state index in [1.54, 1.807) is 36.4 Å². The number of aliphatic hydroxyl groups is 1. The largest absolute Gasteiger partial charge is 0.375 e. The number of halogens is 1. The van der Waals surface area contributed by atoms with Gasteiger partial charge in [-0.15, -0.1) is 0 Å². The number of amides is 1. The van der Waals surface area contributed by atoms with E-state index in [0.717, 1.165) is 0 Å². The van der Waals surface area contributed by atoms with Gasteiger partial charge in [-0.1, -0.05) is 55.3 Å². The van der Waals surface area contributed by atoms with Crippen LogP contribution in [0.4, 0.5) is 5.69 Å². The van der Waals surface area contributed by atoms with E-state index in [0.29, 0.717) is 29.1 Å². The first-order valence-corrected chi connectivity index (χ1v) is 7.29. The first kappa shape index (κ1) is 15.5. The van der Waals surface area contributed by atoms with E-state index in [1.165, 1.54) is 0 Å². The van der Waals surface area contributed by atoms with Gasteiger partial charge < -0.3 is 10.4 Å². The highest BCUT2D eigenvalue weighted by molar-refractivity contribution is 6.30. The van der Waals surface area contributed by atoms with Crippen LogP contribution in [-0.2, 0) is 10.4 Å². The molecule has 0 saturated carbocycles. The average Bonchev–Trinajstić information content (AvgIpc) is 2.50. The Bertz CT molecular complexity index is 598. The van der Waals surface area contributed by atoms with Crippen LogP contribution in [0.15, 0.2) is 54.6 Å². The lowest BCUT2D eigenvalue weighted by atomic mass is 9.88. The predicted molar refractivity (Wildman–Crippen MR) is 85.3 cm³/mol. The van der Waals surface area contributed by atoms with E-state index >= 15 is 0 Å². The lowest BCUT2D eigenvalue weighted by molar-refractivity contribution is -0.135. The number of rotatable bonds is 5. The Morgan fingerprint density at radius 2 is 1.76 bits per heavy atom. The van der Waals surface area contributed by atoms with E-state index in [9.17, 15) is 9.90 Å². The molecular weight excluding hydrogens is 286 g/mol. The number of carbonyl (C=O) groups is 1. The van der Waals surface area contributed by atoms with Crippen LogP contribution in [-0.4, -0.2) is 11.0 Å². The van der Waals surface area contributed by atoms with Crippen LogP contribution in [0.5, 0.6) is 0 Å². The Kier molecular flexibility index (Phi) is 4.99. The minimum Gasteiger partial charge on any atom is -0.375 e. The van der Waals surface area contributed by atoms with Crippen molar-refractivity contribution in [3.05, 3.63) is 65.2 Å². The second-order valence-corrected chi connectivity index (χ2v) is 5.37. The summed E-state index contributed by atoms with van der Waals surface area (Å²) in [7, 11) is 0. The summed E-state index contributed by atoms with van der Waals surface area (Å²) in [5.74, 6) is -0.433. The third-order valence-corrected chi connectivity index (χ3v) is 3.59. The van der Waals surface area contributed by atoms with Crippen LogP contribution < -0.4 is 5.32 Å². The molecule has 1 atom stereocenters. The minimum atomic E-state index is -1.53. The molecule has 1 amide bonds. The summed E-state index contributed by atoms with van der Waals surface area (Å²) in [5.41, 5.74) is -0.330.